The minimum Gasteiger partial charge on any atom is -0.489 e. The number of aromatic nitrogens is 2. The predicted molar refractivity (Wildman–Crippen MR) is 106 cm³/mol. The van der Waals surface area contributed by atoms with Crippen molar-refractivity contribution < 1.29 is 19.4 Å². The van der Waals surface area contributed by atoms with Crippen molar-refractivity contribution in [2.24, 2.45) is 0 Å². The average molecular weight is 482 g/mol. The van der Waals surface area contributed by atoms with Crippen molar-refractivity contribution in [2.75, 3.05) is 19.7 Å². The Morgan fingerprint density at radius 3 is 3.11 bits per heavy atom. The minimum absolute atomic E-state index is 0.0669. The lowest BCUT2D eigenvalue weighted by Gasteiger charge is -2.22. The highest BCUT2D eigenvalue weighted by Crippen LogP contribution is 2.36. The fourth-order valence-electron chi connectivity index (χ4n) is 3.67. The van der Waals surface area contributed by atoms with Crippen molar-refractivity contribution in [3.63, 3.8) is 0 Å². The molecule has 2 amide bonds. The van der Waals surface area contributed by atoms with Crippen LogP contribution < -0.4 is 10.1 Å². The maximum absolute atomic E-state index is 12.2. The highest BCUT2D eigenvalue weighted by molar-refractivity contribution is 14.1. The van der Waals surface area contributed by atoms with Gasteiger partial charge in [-0.2, -0.15) is 0 Å². The van der Waals surface area contributed by atoms with Crippen LogP contribution in [0.3, 0.4) is 0 Å². The van der Waals surface area contributed by atoms with Crippen molar-refractivity contribution in [1.29, 1.82) is 0 Å². The number of halogens is 1. The molecule has 0 radical (unpaired) electrons. The van der Waals surface area contributed by atoms with Gasteiger partial charge < -0.3 is 25.0 Å². The molecule has 2 aliphatic rings. The molecule has 0 saturated carbocycles. The van der Waals surface area contributed by atoms with Gasteiger partial charge in [-0.15, -0.1) is 0 Å². The third-order valence-electron chi connectivity index (χ3n) is 5.01. The number of ether oxygens (including phenoxy) is 1. The summed E-state index contributed by atoms with van der Waals surface area (Å²) in [5, 5.41) is 12.2. The van der Waals surface area contributed by atoms with Gasteiger partial charge in [-0.25, -0.2) is 4.79 Å². The number of fused-ring (bicyclic) bond motifs is 1. The number of hydrogen-bond donors (Lipinski definition) is 3. The molecule has 0 aliphatic carbocycles. The van der Waals surface area contributed by atoms with Gasteiger partial charge in [-0.1, -0.05) is 0 Å². The van der Waals surface area contributed by atoms with E-state index in [0.29, 0.717) is 24.4 Å². The summed E-state index contributed by atoms with van der Waals surface area (Å²) in [6.45, 7) is 1.44. The van der Waals surface area contributed by atoms with Crippen molar-refractivity contribution in [3.8, 4) is 17.0 Å². The second-order valence-electron chi connectivity index (χ2n) is 6.63. The Bertz CT molecular complexity index is 897. The van der Waals surface area contributed by atoms with Gasteiger partial charge in [0.05, 0.1) is 27.1 Å². The second kappa shape index (κ2) is 7.37. The lowest BCUT2D eigenvalue weighted by atomic mass is 10.1. The van der Waals surface area contributed by atoms with Crippen molar-refractivity contribution in [1.82, 2.24) is 20.2 Å². The highest BCUT2D eigenvalue weighted by atomic mass is 127. The molecule has 142 valence electrons. The number of H-pyrrole nitrogens is 1. The van der Waals surface area contributed by atoms with Crippen LogP contribution in [-0.2, 0) is 6.42 Å². The zero-order valence-electron chi connectivity index (χ0n) is 14.5. The molecule has 1 atom stereocenters. The Morgan fingerprint density at radius 1 is 1.48 bits per heavy atom. The number of carbonyl (C=O) groups excluding carboxylic acids is 1. The highest BCUT2D eigenvalue weighted by Gasteiger charge is 2.30. The van der Waals surface area contributed by atoms with Crippen LogP contribution in [0, 0.1) is 3.57 Å². The van der Waals surface area contributed by atoms with E-state index in [2.05, 4.69) is 37.9 Å². The molecular weight excluding hydrogens is 463 g/mol. The monoisotopic (exact) mass is 482 g/mol. The van der Waals surface area contributed by atoms with Crippen LogP contribution in [0.15, 0.2) is 18.5 Å². The molecule has 1 saturated heterocycles. The van der Waals surface area contributed by atoms with Gasteiger partial charge in [0.2, 0.25) is 0 Å². The third kappa shape index (κ3) is 3.35. The Morgan fingerprint density at radius 2 is 2.33 bits per heavy atom. The zero-order valence-corrected chi connectivity index (χ0v) is 16.7. The molecule has 8 nitrogen and oxygen atoms in total. The van der Waals surface area contributed by atoms with Crippen molar-refractivity contribution in [2.45, 2.75) is 25.3 Å². The maximum Gasteiger partial charge on any atom is 0.407 e. The number of rotatable bonds is 4. The summed E-state index contributed by atoms with van der Waals surface area (Å²) in [5.41, 5.74) is 3.26. The first-order valence-electron chi connectivity index (χ1n) is 8.81. The van der Waals surface area contributed by atoms with Gasteiger partial charge >= 0.3 is 6.09 Å². The number of nitrogens with one attached hydrogen (secondary N) is 2. The molecular formula is C18H19IN4O4. The number of carbonyl (C=O) groups is 2. The van der Waals surface area contributed by atoms with E-state index in [0.717, 1.165) is 39.8 Å². The summed E-state index contributed by atoms with van der Waals surface area (Å²) in [5.74, 6) is 0.509. The molecule has 1 fully saturated rings. The summed E-state index contributed by atoms with van der Waals surface area (Å²) in [4.78, 5) is 32.4. The van der Waals surface area contributed by atoms with Crippen LogP contribution in [0.1, 0.15) is 28.9 Å². The van der Waals surface area contributed by atoms with Gasteiger partial charge in [-0.05, 0) is 41.5 Å². The number of likely N-dealkylation sites (tertiary alicyclic amines) is 1. The summed E-state index contributed by atoms with van der Waals surface area (Å²) in [6.07, 6.45) is 4.79. The van der Waals surface area contributed by atoms with Crippen LogP contribution >= 0.6 is 22.6 Å². The van der Waals surface area contributed by atoms with Crippen LogP contribution in [-0.4, -0.2) is 57.7 Å². The molecule has 4 heterocycles. The Hall–Kier alpha value is -2.30. The summed E-state index contributed by atoms with van der Waals surface area (Å²) in [6, 6.07) is 1.69. The number of amides is 2. The summed E-state index contributed by atoms with van der Waals surface area (Å²) in [7, 11) is 0. The average Bonchev–Trinajstić information content (AvgIpc) is 3.26. The molecule has 0 unspecified atom stereocenters. The van der Waals surface area contributed by atoms with E-state index >= 15 is 0 Å². The molecule has 2 aliphatic heterocycles. The fourth-order valence-corrected chi connectivity index (χ4v) is 4.67. The van der Waals surface area contributed by atoms with Crippen LogP contribution in [0.25, 0.3) is 11.3 Å². The Kier molecular flexibility index (Phi) is 4.94. The summed E-state index contributed by atoms with van der Waals surface area (Å²) < 4.78 is 6.83. The Labute approximate surface area is 169 Å². The predicted octanol–water partition coefficient (Wildman–Crippen LogP) is 2.49. The number of aromatic amines is 1. The lowest BCUT2D eigenvalue weighted by Crippen LogP contribution is -2.38. The van der Waals surface area contributed by atoms with E-state index in [-0.39, 0.29) is 18.6 Å². The van der Waals surface area contributed by atoms with E-state index in [1.54, 1.807) is 12.4 Å². The second-order valence-corrected chi connectivity index (χ2v) is 7.71. The normalized spacial score (nSPS) is 18.9. The first-order valence-corrected chi connectivity index (χ1v) is 9.89. The first-order chi connectivity index (χ1) is 13.1. The number of pyridine rings is 1. The van der Waals surface area contributed by atoms with E-state index < -0.39 is 6.09 Å². The Balaban J connectivity index is 1.61. The largest absolute Gasteiger partial charge is 0.489 e. The van der Waals surface area contributed by atoms with Crippen molar-refractivity contribution in [3.05, 3.63) is 33.3 Å². The van der Waals surface area contributed by atoms with E-state index in [1.165, 1.54) is 4.90 Å². The number of carboxylic acid groups (broad SMARTS) is 1. The van der Waals surface area contributed by atoms with E-state index in [9.17, 15) is 14.7 Å². The molecule has 2 aromatic heterocycles. The van der Waals surface area contributed by atoms with Gasteiger partial charge in [0.15, 0.2) is 0 Å². The molecule has 0 spiro atoms. The molecule has 2 aromatic rings. The minimum atomic E-state index is -0.912. The number of nitrogens with zero attached hydrogens (tertiary/aromatic N) is 2. The maximum atomic E-state index is 12.2. The van der Waals surface area contributed by atoms with Crippen LogP contribution in [0.4, 0.5) is 4.79 Å². The quantitative estimate of drug-likeness (QED) is 0.581. The van der Waals surface area contributed by atoms with E-state index in [1.807, 2.05) is 6.07 Å². The summed E-state index contributed by atoms with van der Waals surface area (Å²) >= 11 is 2.18. The molecule has 4 rings (SSSR count). The van der Waals surface area contributed by atoms with Crippen molar-refractivity contribution >= 4 is 34.6 Å². The zero-order chi connectivity index (χ0) is 19.0. The van der Waals surface area contributed by atoms with Gasteiger partial charge in [-0.3, -0.25) is 9.78 Å². The van der Waals surface area contributed by atoms with Crippen LogP contribution in [0.2, 0.25) is 0 Å². The molecule has 3 N–H and O–H groups in total. The van der Waals surface area contributed by atoms with E-state index in [4.69, 9.17) is 4.74 Å². The topological polar surface area (TPSA) is 108 Å². The van der Waals surface area contributed by atoms with Gasteiger partial charge in [0.1, 0.15) is 12.4 Å². The molecule has 0 aromatic carbocycles. The van der Waals surface area contributed by atoms with Crippen LogP contribution in [0.5, 0.6) is 5.75 Å². The first kappa shape index (κ1) is 18.1. The molecule has 0 bridgehead atoms. The molecule has 9 heteroatoms. The SMILES string of the molecule is O=C1NCCc2[nH]c(-c3ccncc3OC[C@H]3CCCN3C(=O)O)c(I)c21. The number of hydrogen-bond acceptors (Lipinski definition) is 4. The third-order valence-corrected chi connectivity index (χ3v) is 6.09. The smallest absolute Gasteiger partial charge is 0.407 e. The standard InChI is InChI=1S/C18H19IN4O4/c19-15-14-12(4-6-21-17(14)24)22-16(15)11-3-5-20-8-13(11)27-9-10-2-1-7-23(10)18(25)26/h3,5,8,10,22H,1-2,4,6-7,9H2,(H,21,24)(H,25,26)/t10-/m1/s1. The molecule has 27 heavy (non-hydrogen) atoms. The fraction of sp³-hybridized carbons (Fsp3) is 0.389. The van der Waals surface area contributed by atoms with Gasteiger partial charge in [0.25, 0.3) is 5.91 Å². The lowest BCUT2D eigenvalue weighted by molar-refractivity contribution is 0.0945. The van der Waals surface area contributed by atoms with Gasteiger partial charge in [0, 0.05) is 37.0 Å².